The fourth-order valence-electron chi connectivity index (χ4n) is 4.57. The summed E-state index contributed by atoms with van der Waals surface area (Å²) < 4.78 is 60.7. The molecular formula is C26H34F3N5O5S. The van der Waals surface area contributed by atoms with E-state index in [0.717, 1.165) is 57.4 Å². The Bertz CT molecular complexity index is 1310. The Kier molecular flexibility index (Phi) is 10.4. The molecule has 0 spiro atoms. The minimum absolute atomic E-state index is 0.143. The van der Waals surface area contributed by atoms with Gasteiger partial charge in [-0.2, -0.15) is 13.2 Å². The van der Waals surface area contributed by atoms with Crippen molar-refractivity contribution >= 4 is 33.4 Å². The minimum Gasteiger partial charge on any atom is -0.475 e. The van der Waals surface area contributed by atoms with Gasteiger partial charge >= 0.3 is 12.1 Å². The largest absolute Gasteiger partial charge is 0.490 e. The number of amides is 1. The molecule has 1 aliphatic carbocycles. The van der Waals surface area contributed by atoms with E-state index in [9.17, 15) is 26.4 Å². The van der Waals surface area contributed by atoms with Crippen molar-refractivity contribution in [1.82, 2.24) is 15.2 Å². The molecule has 1 aromatic carbocycles. The van der Waals surface area contributed by atoms with E-state index in [4.69, 9.17) is 9.90 Å². The van der Waals surface area contributed by atoms with Gasteiger partial charge in [0.1, 0.15) is 5.82 Å². The fourth-order valence-corrected chi connectivity index (χ4v) is 5.66. The summed E-state index contributed by atoms with van der Waals surface area (Å²) in [6, 6.07) is 6.99. The van der Waals surface area contributed by atoms with E-state index in [0.29, 0.717) is 30.2 Å². The molecule has 1 amide bonds. The number of rotatable bonds is 7. The lowest BCUT2D eigenvalue weighted by Gasteiger charge is -2.31. The van der Waals surface area contributed by atoms with Crippen LogP contribution < -0.4 is 14.9 Å². The van der Waals surface area contributed by atoms with Crippen molar-refractivity contribution < 1.29 is 36.3 Å². The molecule has 1 aliphatic heterocycles. The third kappa shape index (κ3) is 7.84. The van der Waals surface area contributed by atoms with Crippen molar-refractivity contribution in [1.29, 1.82) is 0 Å². The van der Waals surface area contributed by atoms with Crippen LogP contribution >= 0.6 is 0 Å². The summed E-state index contributed by atoms with van der Waals surface area (Å²) in [5, 5.41) is 10.4. The number of anilines is 2. The number of hydrogen-bond acceptors (Lipinski definition) is 7. The summed E-state index contributed by atoms with van der Waals surface area (Å²) in [6.45, 7) is 8.12. The van der Waals surface area contributed by atoms with Crippen LogP contribution in [0.5, 0.6) is 0 Å². The molecule has 40 heavy (non-hydrogen) atoms. The van der Waals surface area contributed by atoms with E-state index in [1.807, 2.05) is 19.9 Å². The standard InChI is InChI=1S/C24H33N5O3S.C2HF3O2/c1-3-28(4-2)24(30)22-16-20(17-26-23(22)29-13-11-25-12-14-29)27-33(31,32)21-10-9-18-7-5-6-8-19(18)15-21;3-2(4,5)1(6)7/h9-10,15-17,25,27H,3-8,11-14H2,1-2H3;(H,6,7). The van der Waals surface area contributed by atoms with Crippen LogP contribution in [-0.4, -0.2) is 80.7 Å². The Morgan fingerprint density at radius 2 is 1.68 bits per heavy atom. The number of aryl methyl sites for hydroxylation is 2. The fraction of sp³-hybridized carbons (Fsp3) is 0.500. The van der Waals surface area contributed by atoms with Gasteiger partial charge in [0.05, 0.1) is 22.3 Å². The first-order valence-electron chi connectivity index (χ1n) is 13.1. The van der Waals surface area contributed by atoms with Crippen LogP contribution in [0, 0.1) is 0 Å². The van der Waals surface area contributed by atoms with Gasteiger partial charge in [0.25, 0.3) is 15.9 Å². The zero-order chi connectivity index (χ0) is 29.5. The van der Waals surface area contributed by atoms with E-state index in [1.165, 1.54) is 11.8 Å². The summed E-state index contributed by atoms with van der Waals surface area (Å²) in [6.07, 6.45) is 0.551. The number of carboxylic acids is 1. The number of alkyl halides is 3. The molecule has 14 heteroatoms. The van der Waals surface area contributed by atoms with Crippen molar-refractivity contribution in [3.8, 4) is 0 Å². The summed E-state index contributed by atoms with van der Waals surface area (Å²) in [7, 11) is -3.80. The molecule has 1 aromatic heterocycles. The second-order valence-corrected chi connectivity index (χ2v) is 11.0. The lowest BCUT2D eigenvalue weighted by atomic mass is 9.92. The number of fused-ring (bicyclic) bond motifs is 1. The number of pyridine rings is 1. The number of benzene rings is 1. The number of nitrogens with zero attached hydrogens (tertiary/aromatic N) is 3. The maximum atomic E-state index is 13.3. The first-order chi connectivity index (χ1) is 18.9. The van der Waals surface area contributed by atoms with Crippen LogP contribution in [0.3, 0.4) is 0 Å². The highest BCUT2D eigenvalue weighted by Gasteiger charge is 2.38. The van der Waals surface area contributed by atoms with Crippen LogP contribution in [0.4, 0.5) is 24.7 Å². The number of carboxylic acid groups (broad SMARTS) is 1. The Morgan fingerprint density at radius 3 is 2.25 bits per heavy atom. The third-order valence-corrected chi connectivity index (χ3v) is 8.07. The van der Waals surface area contributed by atoms with Gasteiger partial charge in [0.2, 0.25) is 0 Å². The molecule has 220 valence electrons. The summed E-state index contributed by atoms with van der Waals surface area (Å²) >= 11 is 0. The zero-order valence-corrected chi connectivity index (χ0v) is 23.2. The molecule has 0 saturated carbocycles. The molecule has 0 radical (unpaired) electrons. The lowest BCUT2D eigenvalue weighted by Crippen LogP contribution is -2.45. The SMILES string of the molecule is CCN(CC)C(=O)c1cc(NS(=O)(=O)c2ccc3c(c2)CCCC3)cnc1N1CCNCC1.O=C(O)C(F)(F)F. The molecule has 2 heterocycles. The molecule has 0 atom stereocenters. The smallest absolute Gasteiger partial charge is 0.475 e. The van der Waals surface area contributed by atoms with E-state index < -0.39 is 22.2 Å². The van der Waals surface area contributed by atoms with Crippen molar-refractivity contribution in [3.05, 3.63) is 47.2 Å². The number of carbonyl (C=O) groups excluding carboxylic acids is 1. The van der Waals surface area contributed by atoms with Gasteiger partial charge in [-0.15, -0.1) is 0 Å². The molecule has 0 bridgehead atoms. The molecule has 1 fully saturated rings. The van der Waals surface area contributed by atoms with Crippen LogP contribution in [0.25, 0.3) is 0 Å². The number of halogens is 3. The Labute approximate surface area is 231 Å². The van der Waals surface area contributed by atoms with Crippen LogP contribution in [0.2, 0.25) is 0 Å². The maximum absolute atomic E-state index is 13.3. The molecule has 2 aliphatic rings. The van der Waals surface area contributed by atoms with E-state index in [2.05, 4.69) is 19.9 Å². The molecule has 10 nitrogen and oxygen atoms in total. The van der Waals surface area contributed by atoms with Crippen molar-refractivity contribution in [2.24, 2.45) is 0 Å². The number of aliphatic carboxylic acids is 1. The van der Waals surface area contributed by atoms with Gasteiger partial charge in [-0.05, 0) is 68.9 Å². The van der Waals surface area contributed by atoms with Gasteiger partial charge in [-0.25, -0.2) is 18.2 Å². The van der Waals surface area contributed by atoms with E-state index in [-0.39, 0.29) is 10.8 Å². The van der Waals surface area contributed by atoms with Gasteiger partial charge in [-0.3, -0.25) is 9.52 Å². The summed E-state index contributed by atoms with van der Waals surface area (Å²) in [5.41, 5.74) is 3.05. The Hall–Kier alpha value is -3.39. The van der Waals surface area contributed by atoms with Crippen molar-refractivity contribution in [2.45, 2.75) is 50.6 Å². The summed E-state index contributed by atoms with van der Waals surface area (Å²) in [5.74, 6) is -2.30. The molecule has 0 unspecified atom stereocenters. The first-order valence-corrected chi connectivity index (χ1v) is 14.5. The average Bonchev–Trinajstić information content (AvgIpc) is 2.93. The summed E-state index contributed by atoms with van der Waals surface area (Å²) in [4.78, 5) is 30.8. The number of sulfonamides is 1. The van der Waals surface area contributed by atoms with Gasteiger partial charge in [-0.1, -0.05) is 6.07 Å². The highest BCUT2D eigenvalue weighted by atomic mass is 32.2. The normalized spacial score (nSPS) is 15.4. The molecule has 4 rings (SSSR count). The topological polar surface area (TPSA) is 132 Å². The third-order valence-electron chi connectivity index (χ3n) is 6.69. The van der Waals surface area contributed by atoms with Crippen LogP contribution in [-0.2, 0) is 27.7 Å². The Balaban J connectivity index is 0.000000559. The second-order valence-electron chi connectivity index (χ2n) is 9.36. The predicted octanol–water partition coefficient (Wildman–Crippen LogP) is 3.29. The monoisotopic (exact) mass is 585 g/mol. The van der Waals surface area contributed by atoms with Crippen LogP contribution in [0.1, 0.15) is 48.2 Å². The Morgan fingerprint density at radius 1 is 1.07 bits per heavy atom. The lowest BCUT2D eigenvalue weighted by molar-refractivity contribution is -0.192. The molecular weight excluding hydrogens is 551 g/mol. The highest BCUT2D eigenvalue weighted by molar-refractivity contribution is 7.92. The number of nitrogens with one attached hydrogen (secondary N) is 2. The van der Waals surface area contributed by atoms with Gasteiger partial charge in [0, 0.05) is 39.3 Å². The predicted molar refractivity (Wildman–Crippen MR) is 144 cm³/mol. The maximum Gasteiger partial charge on any atom is 0.490 e. The van der Waals surface area contributed by atoms with E-state index >= 15 is 0 Å². The number of carbonyl (C=O) groups is 2. The first kappa shape index (κ1) is 31.1. The molecule has 1 saturated heterocycles. The molecule has 2 aromatic rings. The zero-order valence-electron chi connectivity index (χ0n) is 22.4. The highest BCUT2D eigenvalue weighted by Crippen LogP contribution is 2.27. The number of hydrogen-bond donors (Lipinski definition) is 3. The molecule has 3 N–H and O–H groups in total. The van der Waals surface area contributed by atoms with Gasteiger partial charge in [0.15, 0.2) is 0 Å². The minimum atomic E-state index is -5.08. The average molecular weight is 586 g/mol. The second kappa shape index (κ2) is 13.3. The van der Waals surface area contributed by atoms with Crippen molar-refractivity contribution in [3.63, 3.8) is 0 Å². The number of piperazine rings is 1. The van der Waals surface area contributed by atoms with Crippen molar-refractivity contribution in [2.75, 3.05) is 48.9 Å². The van der Waals surface area contributed by atoms with Crippen LogP contribution in [0.15, 0.2) is 35.4 Å². The van der Waals surface area contributed by atoms with Gasteiger partial charge < -0.3 is 20.2 Å². The quantitative estimate of drug-likeness (QED) is 0.451. The number of aromatic nitrogens is 1. The van der Waals surface area contributed by atoms with E-state index in [1.54, 1.807) is 23.1 Å².